The monoisotopic (exact) mass is 217 g/mol. The second-order valence-electron chi connectivity index (χ2n) is 4.37. The Kier molecular flexibility index (Phi) is 5.23. The normalized spacial score (nSPS) is 21.5. The third kappa shape index (κ3) is 5.26. The van der Waals surface area contributed by atoms with Crippen LogP contribution in [0.1, 0.15) is 44.9 Å². The standard InChI is InChI=1S/C12H21F2N/c1-2-3-4-5-10-15-11-6-8-12(13,14)9-7-11/h2,11,15H,1,3-10H2. The molecule has 0 aromatic carbocycles. The molecule has 1 fully saturated rings. The number of hydrogen-bond donors (Lipinski definition) is 1. The molecule has 0 unspecified atom stereocenters. The lowest BCUT2D eigenvalue weighted by molar-refractivity contribution is -0.0403. The predicted octanol–water partition coefficient (Wildman–Crippen LogP) is 3.51. The Balaban J connectivity index is 2.01. The zero-order valence-corrected chi connectivity index (χ0v) is 9.27. The van der Waals surface area contributed by atoms with Crippen LogP contribution in [-0.2, 0) is 0 Å². The van der Waals surface area contributed by atoms with Gasteiger partial charge in [-0.05, 0) is 38.6 Å². The Hall–Kier alpha value is -0.440. The summed E-state index contributed by atoms with van der Waals surface area (Å²) in [6, 6.07) is 0.313. The van der Waals surface area contributed by atoms with E-state index in [9.17, 15) is 8.78 Å². The van der Waals surface area contributed by atoms with Crippen LogP contribution in [0, 0.1) is 0 Å². The highest BCUT2D eigenvalue weighted by molar-refractivity contribution is 4.81. The number of unbranched alkanes of at least 4 members (excludes halogenated alkanes) is 2. The summed E-state index contributed by atoms with van der Waals surface area (Å²) in [7, 11) is 0. The van der Waals surface area contributed by atoms with Crippen LogP contribution in [0.4, 0.5) is 8.78 Å². The minimum absolute atomic E-state index is 0.0529. The van der Waals surface area contributed by atoms with Crippen molar-refractivity contribution in [1.82, 2.24) is 5.32 Å². The van der Waals surface area contributed by atoms with Gasteiger partial charge in [0.25, 0.3) is 0 Å². The molecule has 1 N–H and O–H groups in total. The van der Waals surface area contributed by atoms with Crippen molar-refractivity contribution in [3.05, 3.63) is 12.7 Å². The van der Waals surface area contributed by atoms with Crippen LogP contribution in [0.25, 0.3) is 0 Å². The highest BCUT2D eigenvalue weighted by atomic mass is 19.3. The fourth-order valence-corrected chi connectivity index (χ4v) is 1.96. The molecule has 1 nitrogen and oxygen atoms in total. The Labute approximate surface area is 90.9 Å². The number of alkyl halides is 2. The zero-order chi connectivity index (χ0) is 11.1. The molecule has 0 aliphatic heterocycles. The number of allylic oxidation sites excluding steroid dienone is 1. The van der Waals surface area contributed by atoms with Gasteiger partial charge in [0.15, 0.2) is 0 Å². The summed E-state index contributed by atoms with van der Waals surface area (Å²) in [5, 5.41) is 3.35. The second kappa shape index (κ2) is 6.21. The predicted molar refractivity (Wildman–Crippen MR) is 59.3 cm³/mol. The molecule has 0 bridgehead atoms. The molecule has 88 valence electrons. The fourth-order valence-electron chi connectivity index (χ4n) is 1.96. The molecular formula is C12H21F2N. The lowest BCUT2D eigenvalue weighted by Gasteiger charge is -2.28. The lowest BCUT2D eigenvalue weighted by Crippen LogP contribution is -2.37. The van der Waals surface area contributed by atoms with Gasteiger partial charge in [-0.3, -0.25) is 0 Å². The molecule has 0 aromatic heterocycles. The van der Waals surface area contributed by atoms with Gasteiger partial charge in [-0.15, -0.1) is 6.58 Å². The summed E-state index contributed by atoms with van der Waals surface area (Å²) in [5.74, 6) is -2.40. The number of rotatable bonds is 6. The van der Waals surface area contributed by atoms with Crippen LogP contribution in [-0.4, -0.2) is 18.5 Å². The number of nitrogens with one attached hydrogen (secondary N) is 1. The topological polar surface area (TPSA) is 12.0 Å². The molecule has 0 spiro atoms. The molecule has 1 saturated carbocycles. The molecule has 0 atom stereocenters. The van der Waals surface area contributed by atoms with E-state index in [1.807, 2.05) is 6.08 Å². The van der Waals surface area contributed by atoms with Gasteiger partial charge in [0.05, 0.1) is 0 Å². The highest BCUT2D eigenvalue weighted by Gasteiger charge is 2.34. The van der Waals surface area contributed by atoms with Crippen molar-refractivity contribution in [2.45, 2.75) is 56.9 Å². The third-order valence-corrected chi connectivity index (χ3v) is 2.99. The average molecular weight is 217 g/mol. The molecular weight excluding hydrogens is 196 g/mol. The van der Waals surface area contributed by atoms with Gasteiger partial charge >= 0.3 is 0 Å². The number of hydrogen-bond acceptors (Lipinski definition) is 1. The largest absolute Gasteiger partial charge is 0.314 e. The summed E-state index contributed by atoms with van der Waals surface area (Å²) >= 11 is 0. The van der Waals surface area contributed by atoms with E-state index < -0.39 is 5.92 Å². The molecule has 0 radical (unpaired) electrons. The quantitative estimate of drug-likeness (QED) is 0.530. The van der Waals surface area contributed by atoms with E-state index in [0.717, 1.165) is 25.8 Å². The van der Waals surface area contributed by atoms with Crippen molar-refractivity contribution in [3.63, 3.8) is 0 Å². The van der Waals surface area contributed by atoms with Crippen LogP contribution in [0.3, 0.4) is 0 Å². The highest BCUT2D eigenvalue weighted by Crippen LogP contribution is 2.32. The van der Waals surface area contributed by atoms with E-state index in [1.165, 1.54) is 0 Å². The van der Waals surface area contributed by atoms with E-state index in [0.29, 0.717) is 18.9 Å². The van der Waals surface area contributed by atoms with E-state index in [2.05, 4.69) is 11.9 Å². The molecule has 0 amide bonds. The minimum Gasteiger partial charge on any atom is -0.314 e. The molecule has 0 heterocycles. The van der Waals surface area contributed by atoms with Crippen LogP contribution in [0.2, 0.25) is 0 Å². The molecule has 1 aliphatic carbocycles. The van der Waals surface area contributed by atoms with Crippen molar-refractivity contribution in [2.75, 3.05) is 6.54 Å². The van der Waals surface area contributed by atoms with E-state index in [1.54, 1.807) is 0 Å². The maximum absolute atomic E-state index is 12.8. The summed E-state index contributed by atoms with van der Waals surface area (Å²) in [4.78, 5) is 0. The minimum atomic E-state index is -2.40. The first-order chi connectivity index (χ1) is 7.14. The Morgan fingerprint density at radius 1 is 1.27 bits per heavy atom. The summed E-state index contributed by atoms with van der Waals surface area (Å²) in [5.41, 5.74) is 0. The Morgan fingerprint density at radius 3 is 2.53 bits per heavy atom. The van der Waals surface area contributed by atoms with Crippen molar-refractivity contribution < 1.29 is 8.78 Å². The SMILES string of the molecule is C=CCCCCNC1CCC(F)(F)CC1. The first kappa shape index (κ1) is 12.6. The third-order valence-electron chi connectivity index (χ3n) is 2.99. The van der Waals surface area contributed by atoms with Gasteiger partial charge in [0, 0.05) is 18.9 Å². The van der Waals surface area contributed by atoms with Gasteiger partial charge in [-0.2, -0.15) is 0 Å². The van der Waals surface area contributed by atoms with Crippen LogP contribution in [0.15, 0.2) is 12.7 Å². The van der Waals surface area contributed by atoms with Crippen LogP contribution in [0.5, 0.6) is 0 Å². The van der Waals surface area contributed by atoms with E-state index in [-0.39, 0.29) is 12.8 Å². The smallest absolute Gasteiger partial charge is 0.248 e. The van der Waals surface area contributed by atoms with Gasteiger partial charge in [0.2, 0.25) is 5.92 Å². The fraction of sp³-hybridized carbons (Fsp3) is 0.833. The van der Waals surface area contributed by atoms with Crippen molar-refractivity contribution >= 4 is 0 Å². The lowest BCUT2D eigenvalue weighted by atomic mass is 9.92. The van der Waals surface area contributed by atoms with Crippen molar-refractivity contribution in [2.24, 2.45) is 0 Å². The molecule has 0 saturated heterocycles. The van der Waals surface area contributed by atoms with Crippen LogP contribution >= 0.6 is 0 Å². The van der Waals surface area contributed by atoms with Crippen molar-refractivity contribution in [3.8, 4) is 0 Å². The summed E-state index contributed by atoms with van der Waals surface area (Å²) < 4.78 is 25.7. The average Bonchev–Trinajstić information content (AvgIpc) is 2.20. The summed E-state index contributed by atoms with van der Waals surface area (Å²) in [6.45, 7) is 4.61. The molecule has 15 heavy (non-hydrogen) atoms. The van der Waals surface area contributed by atoms with E-state index in [4.69, 9.17) is 0 Å². The van der Waals surface area contributed by atoms with E-state index >= 15 is 0 Å². The Bertz CT molecular complexity index is 182. The van der Waals surface area contributed by atoms with Gasteiger partial charge < -0.3 is 5.32 Å². The van der Waals surface area contributed by atoms with Crippen molar-refractivity contribution in [1.29, 1.82) is 0 Å². The number of halogens is 2. The van der Waals surface area contributed by atoms with Gasteiger partial charge in [-0.1, -0.05) is 6.08 Å². The first-order valence-corrected chi connectivity index (χ1v) is 5.86. The molecule has 1 aliphatic rings. The molecule has 1 rings (SSSR count). The summed E-state index contributed by atoms with van der Waals surface area (Å²) in [6.07, 6.45) is 6.56. The first-order valence-electron chi connectivity index (χ1n) is 5.86. The molecule has 0 aromatic rings. The Morgan fingerprint density at radius 2 is 1.93 bits per heavy atom. The van der Waals surface area contributed by atoms with Crippen LogP contribution < -0.4 is 5.32 Å². The van der Waals surface area contributed by atoms with Gasteiger partial charge in [0.1, 0.15) is 0 Å². The maximum Gasteiger partial charge on any atom is 0.248 e. The van der Waals surface area contributed by atoms with Gasteiger partial charge in [-0.25, -0.2) is 8.78 Å². The maximum atomic E-state index is 12.8. The zero-order valence-electron chi connectivity index (χ0n) is 9.27. The molecule has 3 heteroatoms. The second-order valence-corrected chi connectivity index (χ2v) is 4.37.